The van der Waals surface area contributed by atoms with E-state index in [0.717, 1.165) is 6.42 Å². The van der Waals surface area contributed by atoms with Crippen LogP contribution in [-0.2, 0) is 9.63 Å². The lowest BCUT2D eigenvalue weighted by atomic mass is 10.1. The second-order valence-electron chi connectivity index (χ2n) is 6.03. The van der Waals surface area contributed by atoms with E-state index < -0.39 is 17.8 Å². The Kier molecular flexibility index (Phi) is 3.76. The number of nitrogens with zero attached hydrogens (tertiary/aromatic N) is 2. The third-order valence-electron chi connectivity index (χ3n) is 4.40. The monoisotopic (exact) mass is 350 g/mol. The van der Waals surface area contributed by atoms with Gasteiger partial charge in [0.1, 0.15) is 0 Å². The van der Waals surface area contributed by atoms with Gasteiger partial charge in [-0.3, -0.25) is 14.4 Å². The highest BCUT2D eigenvalue weighted by atomic mass is 16.7. The number of rotatable bonds is 3. The highest BCUT2D eigenvalue weighted by Gasteiger charge is 2.38. The summed E-state index contributed by atoms with van der Waals surface area (Å²) in [5, 5.41) is 0.473. The normalized spacial score (nSPS) is 16.2. The summed E-state index contributed by atoms with van der Waals surface area (Å²) in [6.45, 7) is 0.593. The van der Waals surface area contributed by atoms with E-state index in [0.29, 0.717) is 23.7 Å². The lowest BCUT2D eigenvalue weighted by molar-refractivity contribution is -0.117. The van der Waals surface area contributed by atoms with Crippen LogP contribution in [0.5, 0.6) is 0 Å². The molecule has 0 N–H and O–H groups in total. The maximum Gasteiger partial charge on any atom is 0.364 e. The Balaban J connectivity index is 1.55. The fraction of sp³-hybridized carbons (Fsp3) is 0.158. The van der Waals surface area contributed by atoms with Gasteiger partial charge in [0.25, 0.3) is 11.8 Å². The molecule has 1 saturated heterocycles. The minimum Gasteiger partial charge on any atom is -0.324 e. The Hall–Kier alpha value is -3.48. The van der Waals surface area contributed by atoms with Gasteiger partial charge >= 0.3 is 5.97 Å². The minimum atomic E-state index is -0.840. The highest BCUT2D eigenvalue weighted by Crippen LogP contribution is 2.25. The smallest absolute Gasteiger partial charge is 0.324 e. The molecule has 0 radical (unpaired) electrons. The Morgan fingerprint density at radius 3 is 2.23 bits per heavy atom. The van der Waals surface area contributed by atoms with Crippen molar-refractivity contribution < 1.29 is 24.0 Å². The molecule has 0 spiro atoms. The van der Waals surface area contributed by atoms with Gasteiger partial charge in [0.05, 0.1) is 16.7 Å². The molecular weight excluding hydrogens is 336 g/mol. The lowest BCUT2D eigenvalue weighted by Gasteiger charge is -2.17. The summed E-state index contributed by atoms with van der Waals surface area (Å²) in [5.74, 6) is -2.20. The van der Waals surface area contributed by atoms with Crippen molar-refractivity contribution in [1.29, 1.82) is 0 Å². The van der Waals surface area contributed by atoms with Crippen LogP contribution in [0, 0.1) is 0 Å². The Bertz CT molecular complexity index is 917. The van der Waals surface area contributed by atoms with Crippen LogP contribution < -0.4 is 4.90 Å². The van der Waals surface area contributed by atoms with Crippen molar-refractivity contribution in [2.24, 2.45) is 0 Å². The van der Waals surface area contributed by atoms with E-state index in [1.807, 2.05) is 0 Å². The number of imide groups is 1. The van der Waals surface area contributed by atoms with E-state index in [1.165, 1.54) is 24.3 Å². The molecule has 0 saturated carbocycles. The topological polar surface area (TPSA) is 84.0 Å². The zero-order chi connectivity index (χ0) is 18.3. The van der Waals surface area contributed by atoms with Crippen LogP contribution in [0.4, 0.5) is 5.69 Å². The van der Waals surface area contributed by atoms with E-state index in [-0.39, 0.29) is 22.6 Å². The quantitative estimate of drug-likeness (QED) is 0.792. The van der Waals surface area contributed by atoms with E-state index in [9.17, 15) is 19.2 Å². The standard InChI is InChI=1S/C19H14N2O5/c22-16-9-4-10-20(16)13-6-3-5-12(11-13)19(25)26-21-17(23)14-7-1-2-8-15(14)18(21)24/h1-3,5-8,11H,4,9-10H2. The van der Waals surface area contributed by atoms with Crippen LogP contribution in [0.3, 0.4) is 0 Å². The molecule has 2 aromatic carbocycles. The number of benzene rings is 2. The molecule has 7 heteroatoms. The zero-order valence-corrected chi connectivity index (χ0v) is 13.7. The molecule has 7 nitrogen and oxygen atoms in total. The first-order valence-corrected chi connectivity index (χ1v) is 8.17. The third kappa shape index (κ3) is 2.54. The highest BCUT2D eigenvalue weighted by molar-refractivity contribution is 6.21. The number of carbonyl (C=O) groups excluding carboxylic acids is 4. The summed E-state index contributed by atoms with van der Waals surface area (Å²) in [6.07, 6.45) is 1.24. The van der Waals surface area contributed by atoms with Crippen LogP contribution in [0.25, 0.3) is 0 Å². The minimum absolute atomic E-state index is 0.00383. The predicted molar refractivity (Wildman–Crippen MR) is 90.4 cm³/mol. The third-order valence-corrected chi connectivity index (χ3v) is 4.40. The molecule has 130 valence electrons. The number of anilines is 1. The van der Waals surface area contributed by atoms with Gasteiger partial charge in [-0.05, 0) is 36.8 Å². The molecule has 0 atom stereocenters. The molecule has 2 aromatic rings. The largest absolute Gasteiger partial charge is 0.364 e. The van der Waals surface area contributed by atoms with E-state index >= 15 is 0 Å². The number of hydroxylamine groups is 2. The van der Waals surface area contributed by atoms with Crippen LogP contribution in [0.15, 0.2) is 48.5 Å². The van der Waals surface area contributed by atoms with Crippen LogP contribution in [0.1, 0.15) is 43.9 Å². The maximum atomic E-state index is 12.4. The fourth-order valence-corrected chi connectivity index (χ4v) is 3.11. The first-order valence-electron chi connectivity index (χ1n) is 8.17. The summed E-state index contributed by atoms with van der Waals surface area (Å²) in [5.41, 5.74) is 1.13. The summed E-state index contributed by atoms with van der Waals surface area (Å²) in [6, 6.07) is 12.6. The van der Waals surface area contributed by atoms with Crippen LogP contribution in [-0.4, -0.2) is 35.3 Å². The molecule has 26 heavy (non-hydrogen) atoms. The summed E-state index contributed by atoms with van der Waals surface area (Å²) in [7, 11) is 0. The molecule has 0 bridgehead atoms. The summed E-state index contributed by atoms with van der Waals surface area (Å²) >= 11 is 0. The van der Waals surface area contributed by atoms with Gasteiger partial charge in [0, 0.05) is 18.7 Å². The van der Waals surface area contributed by atoms with Crippen molar-refractivity contribution in [2.45, 2.75) is 12.8 Å². The molecule has 0 unspecified atom stereocenters. The van der Waals surface area contributed by atoms with Crippen molar-refractivity contribution in [2.75, 3.05) is 11.4 Å². The second-order valence-corrected chi connectivity index (χ2v) is 6.03. The molecule has 4 rings (SSSR count). The van der Waals surface area contributed by atoms with Gasteiger partial charge in [0.15, 0.2) is 0 Å². The van der Waals surface area contributed by atoms with Gasteiger partial charge < -0.3 is 9.74 Å². The zero-order valence-electron chi connectivity index (χ0n) is 13.7. The van der Waals surface area contributed by atoms with Crippen molar-refractivity contribution in [3.05, 3.63) is 65.2 Å². The van der Waals surface area contributed by atoms with Gasteiger partial charge in [-0.2, -0.15) is 0 Å². The van der Waals surface area contributed by atoms with Gasteiger partial charge in [-0.25, -0.2) is 4.79 Å². The molecular formula is C19H14N2O5. The molecule has 3 amide bonds. The van der Waals surface area contributed by atoms with Crippen LogP contribution >= 0.6 is 0 Å². The average molecular weight is 350 g/mol. The molecule has 2 heterocycles. The lowest BCUT2D eigenvalue weighted by Crippen LogP contribution is -2.32. The van der Waals surface area contributed by atoms with Crippen molar-refractivity contribution in [1.82, 2.24) is 5.06 Å². The SMILES string of the molecule is O=C(ON1C(=O)c2ccccc2C1=O)c1cccc(N2CCCC2=O)c1. The van der Waals surface area contributed by atoms with Gasteiger partial charge in [-0.1, -0.05) is 23.3 Å². The second kappa shape index (κ2) is 6.11. The first-order chi connectivity index (χ1) is 12.6. The number of hydrogen-bond acceptors (Lipinski definition) is 5. The van der Waals surface area contributed by atoms with E-state index in [1.54, 1.807) is 29.2 Å². The van der Waals surface area contributed by atoms with Gasteiger partial charge in [0.2, 0.25) is 5.91 Å². The number of amides is 3. The van der Waals surface area contributed by atoms with Crippen molar-refractivity contribution in [3.63, 3.8) is 0 Å². The number of carbonyl (C=O) groups is 4. The predicted octanol–water partition coefficient (Wildman–Crippen LogP) is 2.18. The van der Waals surface area contributed by atoms with E-state index in [4.69, 9.17) is 4.84 Å². The Morgan fingerprint density at radius 1 is 0.923 bits per heavy atom. The van der Waals surface area contributed by atoms with Crippen molar-refractivity contribution in [3.8, 4) is 0 Å². The maximum absolute atomic E-state index is 12.4. The summed E-state index contributed by atoms with van der Waals surface area (Å²) in [4.78, 5) is 55.5. The molecule has 0 aliphatic carbocycles. The first kappa shape index (κ1) is 16.0. The Labute approximate surface area is 148 Å². The molecule has 2 aliphatic rings. The number of fused-ring (bicyclic) bond motifs is 1. The summed E-state index contributed by atoms with van der Waals surface area (Å²) < 4.78 is 0. The fourth-order valence-electron chi connectivity index (χ4n) is 3.11. The van der Waals surface area contributed by atoms with Crippen LogP contribution in [0.2, 0.25) is 0 Å². The average Bonchev–Trinajstić information content (AvgIpc) is 3.19. The number of hydrogen-bond donors (Lipinski definition) is 0. The van der Waals surface area contributed by atoms with E-state index in [2.05, 4.69) is 0 Å². The molecule has 2 aliphatic heterocycles. The molecule has 0 aromatic heterocycles. The van der Waals surface area contributed by atoms with Gasteiger partial charge in [-0.15, -0.1) is 0 Å². The van der Waals surface area contributed by atoms with Crippen molar-refractivity contribution >= 4 is 29.4 Å². The Morgan fingerprint density at radius 2 is 1.62 bits per heavy atom. The molecule has 1 fully saturated rings.